The zero-order valence-corrected chi connectivity index (χ0v) is 11.1. The highest BCUT2D eigenvalue weighted by atomic mass is 35.5. The van der Waals surface area contributed by atoms with Crippen molar-refractivity contribution in [2.45, 2.75) is 52.5 Å². The Bertz CT molecular complexity index is 320. The SMILES string of the molecule is CCCC(CCC)Nc1cc(C)cnc1Cl. The van der Waals surface area contributed by atoms with E-state index in [-0.39, 0.29) is 0 Å². The minimum atomic E-state index is 0.510. The molecule has 0 radical (unpaired) electrons. The summed E-state index contributed by atoms with van der Waals surface area (Å²) in [6.07, 6.45) is 6.53. The first-order chi connectivity index (χ1) is 7.67. The Morgan fingerprint density at radius 3 is 2.50 bits per heavy atom. The van der Waals surface area contributed by atoms with Gasteiger partial charge in [-0.2, -0.15) is 0 Å². The van der Waals surface area contributed by atoms with Gasteiger partial charge in [0.15, 0.2) is 5.15 Å². The van der Waals surface area contributed by atoms with Crippen LogP contribution in [0.2, 0.25) is 5.15 Å². The number of rotatable bonds is 6. The molecule has 0 atom stereocenters. The van der Waals surface area contributed by atoms with Crippen LogP contribution in [0.15, 0.2) is 12.3 Å². The van der Waals surface area contributed by atoms with E-state index in [1.54, 1.807) is 6.20 Å². The summed E-state index contributed by atoms with van der Waals surface area (Å²) in [5.41, 5.74) is 2.10. The maximum absolute atomic E-state index is 6.07. The molecule has 1 N–H and O–H groups in total. The van der Waals surface area contributed by atoms with Crippen molar-refractivity contribution < 1.29 is 0 Å². The number of halogens is 1. The summed E-state index contributed by atoms with van der Waals surface area (Å²) in [6, 6.07) is 2.57. The number of pyridine rings is 1. The minimum Gasteiger partial charge on any atom is -0.380 e. The number of aromatic nitrogens is 1. The van der Waals surface area contributed by atoms with Gasteiger partial charge in [-0.05, 0) is 31.4 Å². The lowest BCUT2D eigenvalue weighted by molar-refractivity contribution is 0.586. The van der Waals surface area contributed by atoms with E-state index in [0.717, 1.165) is 11.3 Å². The lowest BCUT2D eigenvalue weighted by atomic mass is 10.1. The molecule has 16 heavy (non-hydrogen) atoms. The van der Waals surface area contributed by atoms with Crippen LogP contribution in [0.1, 0.15) is 45.1 Å². The number of hydrogen-bond donors (Lipinski definition) is 1. The molecule has 0 aromatic carbocycles. The molecule has 0 saturated carbocycles. The average Bonchev–Trinajstić information content (AvgIpc) is 2.24. The van der Waals surface area contributed by atoms with Crippen LogP contribution in [0.3, 0.4) is 0 Å². The second-order valence-corrected chi connectivity index (χ2v) is 4.63. The van der Waals surface area contributed by atoms with Crippen molar-refractivity contribution >= 4 is 17.3 Å². The molecule has 0 spiro atoms. The first kappa shape index (κ1) is 13.3. The lowest BCUT2D eigenvalue weighted by Crippen LogP contribution is -2.19. The summed E-state index contributed by atoms with van der Waals surface area (Å²) in [5, 5.41) is 4.07. The Labute approximate surface area is 103 Å². The zero-order chi connectivity index (χ0) is 12.0. The summed E-state index contributed by atoms with van der Waals surface area (Å²) in [7, 11) is 0. The van der Waals surface area contributed by atoms with Crippen LogP contribution in [0.4, 0.5) is 5.69 Å². The molecule has 0 aliphatic heterocycles. The van der Waals surface area contributed by atoms with Gasteiger partial charge in [0.2, 0.25) is 0 Å². The van der Waals surface area contributed by atoms with Crippen LogP contribution in [0.25, 0.3) is 0 Å². The van der Waals surface area contributed by atoms with Crippen LogP contribution < -0.4 is 5.32 Å². The smallest absolute Gasteiger partial charge is 0.152 e. The normalized spacial score (nSPS) is 10.8. The molecule has 90 valence electrons. The third-order valence-electron chi connectivity index (χ3n) is 2.61. The predicted molar refractivity (Wildman–Crippen MR) is 71.2 cm³/mol. The van der Waals surface area contributed by atoms with Crippen LogP contribution in [0.5, 0.6) is 0 Å². The fourth-order valence-corrected chi connectivity index (χ4v) is 2.02. The van der Waals surface area contributed by atoms with Crippen LogP contribution in [-0.4, -0.2) is 11.0 Å². The summed E-state index contributed by atoms with van der Waals surface area (Å²) in [4.78, 5) is 4.15. The van der Waals surface area contributed by atoms with Gasteiger partial charge in [0.25, 0.3) is 0 Å². The van der Waals surface area contributed by atoms with Crippen molar-refractivity contribution in [3.05, 3.63) is 23.0 Å². The number of nitrogens with one attached hydrogen (secondary N) is 1. The largest absolute Gasteiger partial charge is 0.380 e. The highest BCUT2D eigenvalue weighted by Gasteiger charge is 2.09. The summed E-state index contributed by atoms with van der Waals surface area (Å²) >= 11 is 6.07. The molecule has 0 aliphatic rings. The summed E-state index contributed by atoms with van der Waals surface area (Å²) in [6.45, 7) is 6.45. The fraction of sp³-hybridized carbons (Fsp3) is 0.615. The maximum atomic E-state index is 6.07. The maximum Gasteiger partial charge on any atom is 0.152 e. The van der Waals surface area contributed by atoms with Gasteiger partial charge < -0.3 is 5.32 Å². The van der Waals surface area contributed by atoms with E-state index in [9.17, 15) is 0 Å². The average molecular weight is 241 g/mol. The molecule has 2 nitrogen and oxygen atoms in total. The van der Waals surface area contributed by atoms with E-state index in [1.807, 2.05) is 6.92 Å². The first-order valence-electron chi connectivity index (χ1n) is 6.06. The van der Waals surface area contributed by atoms with Crippen molar-refractivity contribution in [2.24, 2.45) is 0 Å². The van der Waals surface area contributed by atoms with Crippen molar-refractivity contribution in [2.75, 3.05) is 5.32 Å². The van der Waals surface area contributed by atoms with Crippen molar-refractivity contribution in [1.29, 1.82) is 0 Å². The second kappa shape index (κ2) is 6.74. The summed E-state index contributed by atoms with van der Waals surface area (Å²) < 4.78 is 0. The van der Waals surface area contributed by atoms with E-state index < -0.39 is 0 Å². The Balaban J connectivity index is 2.71. The van der Waals surface area contributed by atoms with Gasteiger partial charge in [-0.25, -0.2) is 4.98 Å². The van der Waals surface area contributed by atoms with Gasteiger partial charge in [0.1, 0.15) is 0 Å². The molecule has 1 rings (SSSR count). The molecule has 0 amide bonds. The molecule has 0 bridgehead atoms. The van der Waals surface area contributed by atoms with Crippen molar-refractivity contribution in [3.63, 3.8) is 0 Å². The van der Waals surface area contributed by atoms with E-state index in [4.69, 9.17) is 11.6 Å². The van der Waals surface area contributed by atoms with Crippen molar-refractivity contribution in [3.8, 4) is 0 Å². The number of anilines is 1. The Morgan fingerprint density at radius 1 is 1.31 bits per heavy atom. The van der Waals surface area contributed by atoms with Crippen LogP contribution in [0, 0.1) is 6.92 Å². The lowest BCUT2D eigenvalue weighted by Gasteiger charge is -2.19. The molecule has 3 heteroatoms. The molecule has 0 saturated heterocycles. The molecule has 0 fully saturated rings. The van der Waals surface area contributed by atoms with E-state index >= 15 is 0 Å². The Kier molecular flexibility index (Phi) is 5.61. The zero-order valence-electron chi connectivity index (χ0n) is 10.4. The summed E-state index contributed by atoms with van der Waals surface area (Å²) in [5.74, 6) is 0. The minimum absolute atomic E-state index is 0.510. The third kappa shape index (κ3) is 4.01. The first-order valence-corrected chi connectivity index (χ1v) is 6.43. The van der Waals surface area contributed by atoms with Crippen molar-refractivity contribution in [1.82, 2.24) is 4.98 Å². The number of nitrogens with zero attached hydrogens (tertiary/aromatic N) is 1. The Hall–Kier alpha value is -0.760. The van der Waals surface area contributed by atoms with E-state index in [0.29, 0.717) is 11.2 Å². The highest BCUT2D eigenvalue weighted by Crippen LogP contribution is 2.22. The van der Waals surface area contributed by atoms with Gasteiger partial charge in [0, 0.05) is 12.2 Å². The topological polar surface area (TPSA) is 24.9 Å². The van der Waals surface area contributed by atoms with Gasteiger partial charge >= 0.3 is 0 Å². The molecule has 0 aliphatic carbocycles. The predicted octanol–water partition coefficient (Wildman–Crippen LogP) is 4.42. The molecule has 1 heterocycles. The monoisotopic (exact) mass is 240 g/mol. The molecule has 1 aromatic heterocycles. The van der Waals surface area contributed by atoms with Gasteiger partial charge in [-0.3, -0.25) is 0 Å². The fourth-order valence-electron chi connectivity index (χ4n) is 1.86. The van der Waals surface area contributed by atoms with Gasteiger partial charge in [-0.1, -0.05) is 38.3 Å². The van der Waals surface area contributed by atoms with Crippen LogP contribution in [-0.2, 0) is 0 Å². The number of hydrogen-bond acceptors (Lipinski definition) is 2. The molecule has 1 aromatic rings. The van der Waals surface area contributed by atoms with Crippen LogP contribution >= 0.6 is 11.6 Å². The highest BCUT2D eigenvalue weighted by molar-refractivity contribution is 6.31. The number of aryl methyl sites for hydroxylation is 1. The standard InChI is InChI=1S/C13H21ClN2/c1-4-6-11(7-5-2)16-12-8-10(3)9-15-13(12)14/h8-9,11,16H,4-7H2,1-3H3. The quantitative estimate of drug-likeness (QED) is 0.745. The third-order valence-corrected chi connectivity index (χ3v) is 2.91. The van der Waals surface area contributed by atoms with Gasteiger partial charge in [-0.15, -0.1) is 0 Å². The van der Waals surface area contributed by atoms with E-state index in [2.05, 4.69) is 30.2 Å². The molecular weight excluding hydrogens is 220 g/mol. The van der Waals surface area contributed by atoms with Gasteiger partial charge in [0.05, 0.1) is 5.69 Å². The Morgan fingerprint density at radius 2 is 1.94 bits per heavy atom. The second-order valence-electron chi connectivity index (χ2n) is 4.27. The molecular formula is C13H21ClN2. The molecule has 0 unspecified atom stereocenters. The van der Waals surface area contributed by atoms with E-state index in [1.165, 1.54) is 25.7 Å².